The highest BCUT2D eigenvalue weighted by Crippen LogP contribution is 2.21. The van der Waals surface area contributed by atoms with Crippen molar-refractivity contribution >= 4 is 11.6 Å². The second-order valence-corrected chi connectivity index (χ2v) is 9.55. The highest BCUT2D eigenvalue weighted by Gasteiger charge is 2.21. The minimum absolute atomic E-state index is 0.794. The first-order chi connectivity index (χ1) is 15.7. The van der Waals surface area contributed by atoms with Gasteiger partial charge in [-0.25, -0.2) is 0 Å². The number of likely N-dealkylation sites (tertiary alicyclic amines) is 1. The fourth-order valence-electron chi connectivity index (χ4n) is 4.70. The van der Waals surface area contributed by atoms with Gasteiger partial charge in [0.1, 0.15) is 0 Å². The van der Waals surface area contributed by atoms with Crippen LogP contribution in [0.2, 0.25) is 5.02 Å². The molecule has 1 saturated heterocycles. The summed E-state index contributed by atoms with van der Waals surface area (Å²) in [5.41, 5.74) is 4.24. The van der Waals surface area contributed by atoms with Gasteiger partial charge in [-0.15, -0.1) is 0 Å². The maximum absolute atomic E-state index is 6.03. The van der Waals surface area contributed by atoms with E-state index < -0.39 is 0 Å². The Morgan fingerprint density at radius 1 is 0.688 bits per heavy atom. The van der Waals surface area contributed by atoms with Crippen LogP contribution in [0.25, 0.3) is 0 Å². The molecule has 3 aromatic carbocycles. The molecule has 3 aromatic rings. The van der Waals surface area contributed by atoms with Gasteiger partial charge >= 0.3 is 0 Å². The van der Waals surface area contributed by atoms with Crippen LogP contribution in [0.5, 0.6) is 0 Å². The van der Waals surface area contributed by atoms with Crippen molar-refractivity contribution in [3.63, 3.8) is 0 Å². The third kappa shape index (κ3) is 7.48. The summed E-state index contributed by atoms with van der Waals surface area (Å²) >= 11 is 6.03. The molecule has 1 heterocycles. The van der Waals surface area contributed by atoms with Crippen molar-refractivity contribution in [2.45, 2.75) is 32.2 Å². The second kappa shape index (κ2) is 12.2. The van der Waals surface area contributed by atoms with Crippen LogP contribution in [-0.4, -0.2) is 42.5 Å². The molecule has 3 heteroatoms. The third-order valence-corrected chi connectivity index (χ3v) is 6.91. The lowest BCUT2D eigenvalue weighted by Crippen LogP contribution is -2.39. The first kappa shape index (κ1) is 23.0. The Labute approximate surface area is 198 Å². The van der Waals surface area contributed by atoms with E-state index in [1.807, 2.05) is 12.1 Å². The van der Waals surface area contributed by atoms with Gasteiger partial charge in [0.2, 0.25) is 0 Å². The summed E-state index contributed by atoms with van der Waals surface area (Å²) in [6.07, 6.45) is 4.84. The standard InChI is InChI=1S/C29H35ClN2/c30-29-13-11-27(12-14-29)23-32-21-17-28(18-22-32)24-31(19-15-25-7-3-1-4-8-25)20-16-26-9-5-2-6-10-26/h1-14,28H,15-24H2. The summed E-state index contributed by atoms with van der Waals surface area (Å²) in [4.78, 5) is 5.30. The Balaban J connectivity index is 1.28. The van der Waals surface area contributed by atoms with Crippen molar-refractivity contribution < 1.29 is 0 Å². The molecule has 0 N–H and O–H groups in total. The van der Waals surface area contributed by atoms with E-state index in [-0.39, 0.29) is 0 Å². The van der Waals surface area contributed by atoms with Crippen molar-refractivity contribution in [2.24, 2.45) is 5.92 Å². The van der Waals surface area contributed by atoms with E-state index in [4.69, 9.17) is 11.6 Å². The molecule has 0 amide bonds. The van der Waals surface area contributed by atoms with E-state index in [0.29, 0.717) is 0 Å². The van der Waals surface area contributed by atoms with Gasteiger partial charge in [0.25, 0.3) is 0 Å². The Bertz CT molecular complexity index is 859. The first-order valence-corrected chi connectivity index (χ1v) is 12.4. The molecular formula is C29H35ClN2. The highest BCUT2D eigenvalue weighted by molar-refractivity contribution is 6.30. The molecule has 0 atom stereocenters. The predicted octanol–water partition coefficient (Wildman–Crippen LogP) is 6.34. The van der Waals surface area contributed by atoms with Crippen LogP contribution in [0, 0.1) is 5.92 Å². The summed E-state index contributed by atoms with van der Waals surface area (Å²) in [5, 5.41) is 0.818. The van der Waals surface area contributed by atoms with E-state index in [1.54, 1.807) is 0 Å². The van der Waals surface area contributed by atoms with Crippen LogP contribution in [0.1, 0.15) is 29.5 Å². The first-order valence-electron chi connectivity index (χ1n) is 12.0. The lowest BCUT2D eigenvalue weighted by Gasteiger charge is -2.35. The monoisotopic (exact) mass is 446 g/mol. The zero-order valence-corrected chi connectivity index (χ0v) is 19.8. The molecule has 1 fully saturated rings. The largest absolute Gasteiger partial charge is 0.302 e. The van der Waals surface area contributed by atoms with Crippen LogP contribution in [0.4, 0.5) is 0 Å². The van der Waals surface area contributed by atoms with Crippen LogP contribution in [-0.2, 0) is 19.4 Å². The Morgan fingerprint density at radius 3 is 1.75 bits per heavy atom. The molecule has 1 aliphatic rings. The van der Waals surface area contributed by atoms with Gasteiger partial charge in [-0.3, -0.25) is 4.90 Å². The van der Waals surface area contributed by atoms with Gasteiger partial charge in [0, 0.05) is 31.2 Å². The van der Waals surface area contributed by atoms with Crippen LogP contribution in [0.15, 0.2) is 84.9 Å². The summed E-state index contributed by atoms with van der Waals surface area (Å²) < 4.78 is 0. The fourth-order valence-corrected chi connectivity index (χ4v) is 4.82. The molecular weight excluding hydrogens is 412 g/mol. The maximum atomic E-state index is 6.03. The number of hydrogen-bond acceptors (Lipinski definition) is 2. The number of benzene rings is 3. The van der Waals surface area contributed by atoms with Crippen molar-refractivity contribution in [1.29, 1.82) is 0 Å². The van der Waals surface area contributed by atoms with E-state index in [1.165, 1.54) is 49.2 Å². The van der Waals surface area contributed by atoms with Gasteiger partial charge in [-0.05, 0) is 73.5 Å². The molecule has 32 heavy (non-hydrogen) atoms. The third-order valence-electron chi connectivity index (χ3n) is 6.66. The summed E-state index contributed by atoms with van der Waals surface area (Å²) in [6.45, 7) is 6.92. The smallest absolute Gasteiger partial charge is 0.0406 e. The van der Waals surface area contributed by atoms with Crippen molar-refractivity contribution in [1.82, 2.24) is 9.80 Å². The second-order valence-electron chi connectivity index (χ2n) is 9.12. The van der Waals surface area contributed by atoms with Gasteiger partial charge in [-0.2, -0.15) is 0 Å². The SMILES string of the molecule is Clc1ccc(CN2CCC(CN(CCc3ccccc3)CCc3ccccc3)CC2)cc1. The fraction of sp³-hybridized carbons (Fsp3) is 0.379. The number of nitrogens with zero attached hydrogens (tertiary/aromatic N) is 2. The molecule has 0 unspecified atom stereocenters. The summed E-state index contributed by atoms with van der Waals surface area (Å²) in [6, 6.07) is 30.2. The summed E-state index contributed by atoms with van der Waals surface area (Å²) in [5.74, 6) is 0.794. The van der Waals surface area contributed by atoms with Gasteiger partial charge < -0.3 is 4.90 Å². The Morgan fingerprint density at radius 2 is 1.22 bits per heavy atom. The topological polar surface area (TPSA) is 6.48 Å². The molecule has 0 aliphatic carbocycles. The molecule has 0 spiro atoms. The molecule has 168 valence electrons. The molecule has 0 bridgehead atoms. The average molecular weight is 447 g/mol. The normalized spacial score (nSPS) is 15.3. The molecule has 0 radical (unpaired) electrons. The number of piperidine rings is 1. The molecule has 1 aliphatic heterocycles. The Hall–Kier alpha value is -2.13. The summed E-state index contributed by atoms with van der Waals surface area (Å²) in [7, 11) is 0. The highest BCUT2D eigenvalue weighted by atomic mass is 35.5. The zero-order chi connectivity index (χ0) is 22.0. The Kier molecular flexibility index (Phi) is 8.79. The molecule has 2 nitrogen and oxygen atoms in total. The van der Waals surface area contributed by atoms with Crippen molar-refractivity contribution in [3.05, 3.63) is 107 Å². The predicted molar refractivity (Wildman–Crippen MR) is 136 cm³/mol. The number of rotatable bonds is 10. The van der Waals surface area contributed by atoms with E-state index in [0.717, 1.165) is 43.4 Å². The minimum Gasteiger partial charge on any atom is -0.302 e. The average Bonchev–Trinajstić information content (AvgIpc) is 2.85. The van der Waals surface area contributed by atoms with Gasteiger partial charge in [0.15, 0.2) is 0 Å². The lowest BCUT2D eigenvalue weighted by molar-refractivity contribution is 0.139. The van der Waals surface area contributed by atoms with Crippen LogP contribution in [0.3, 0.4) is 0 Å². The maximum Gasteiger partial charge on any atom is 0.0406 e. The van der Waals surface area contributed by atoms with Gasteiger partial charge in [-0.1, -0.05) is 84.4 Å². The molecule has 0 saturated carbocycles. The lowest BCUT2D eigenvalue weighted by atomic mass is 9.95. The van der Waals surface area contributed by atoms with E-state index >= 15 is 0 Å². The minimum atomic E-state index is 0.794. The molecule has 0 aromatic heterocycles. The van der Waals surface area contributed by atoms with E-state index in [2.05, 4.69) is 82.6 Å². The van der Waals surface area contributed by atoms with E-state index in [9.17, 15) is 0 Å². The van der Waals surface area contributed by atoms with Crippen molar-refractivity contribution in [2.75, 3.05) is 32.7 Å². The molecule has 4 rings (SSSR count). The van der Waals surface area contributed by atoms with Crippen LogP contribution >= 0.6 is 11.6 Å². The van der Waals surface area contributed by atoms with Crippen LogP contribution < -0.4 is 0 Å². The quantitative estimate of drug-likeness (QED) is 0.358. The number of halogens is 1. The van der Waals surface area contributed by atoms with Crippen molar-refractivity contribution in [3.8, 4) is 0 Å². The van der Waals surface area contributed by atoms with Gasteiger partial charge in [0.05, 0.1) is 0 Å². The number of hydrogen-bond donors (Lipinski definition) is 0. The zero-order valence-electron chi connectivity index (χ0n) is 19.0.